The van der Waals surface area contributed by atoms with Gasteiger partial charge in [-0.05, 0) is 73.9 Å². The molecule has 2 aromatic rings. The van der Waals surface area contributed by atoms with Crippen LogP contribution in [0.4, 0.5) is 14.5 Å². The number of aryl methyl sites for hydroxylation is 2. The Bertz CT molecular complexity index is 989. The monoisotopic (exact) mass is 460 g/mol. The molecule has 0 radical (unpaired) electrons. The lowest BCUT2D eigenvalue weighted by atomic mass is 9.89. The van der Waals surface area contributed by atoms with Gasteiger partial charge in [-0.15, -0.1) is 0 Å². The molecule has 1 heterocycles. The highest BCUT2D eigenvalue weighted by Crippen LogP contribution is 2.32. The molecule has 33 heavy (non-hydrogen) atoms. The molecule has 3 rings (SSSR count). The van der Waals surface area contributed by atoms with Crippen LogP contribution in [0.3, 0.4) is 0 Å². The lowest BCUT2D eigenvalue weighted by Gasteiger charge is -2.35. The highest BCUT2D eigenvalue weighted by Gasteiger charge is 2.29. The Hall–Kier alpha value is -2.84. The van der Waals surface area contributed by atoms with Crippen molar-refractivity contribution < 1.29 is 28.2 Å². The van der Waals surface area contributed by atoms with Crippen molar-refractivity contribution in [2.75, 3.05) is 31.4 Å². The molecule has 2 N–H and O–H groups in total. The van der Waals surface area contributed by atoms with Crippen molar-refractivity contribution in [1.29, 1.82) is 0 Å². The number of nitrogens with zero attached hydrogens (tertiary/aromatic N) is 1. The number of rotatable bonds is 9. The summed E-state index contributed by atoms with van der Waals surface area (Å²) < 4.78 is 32.2. The molecule has 178 valence electrons. The fraction of sp³-hybridized carbons (Fsp3) is 0.440. The molecule has 0 bridgehead atoms. The zero-order chi connectivity index (χ0) is 24.0. The van der Waals surface area contributed by atoms with Gasteiger partial charge in [-0.25, -0.2) is 8.78 Å². The van der Waals surface area contributed by atoms with E-state index in [9.17, 15) is 18.4 Å². The molecule has 2 aromatic carbocycles. The van der Waals surface area contributed by atoms with Gasteiger partial charge in [0, 0.05) is 36.8 Å². The first-order valence-electron chi connectivity index (χ1n) is 11.1. The number of nitrogens with one attached hydrogen (secondary N) is 1. The molecule has 0 aliphatic carbocycles. The van der Waals surface area contributed by atoms with Gasteiger partial charge in [0.1, 0.15) is 18.4 Å². The Kier molecular flexibility index (Phi) is 8.52. The minimum atomic E-state index is -0.606. The molecule has 1 aliphatic rings. The molecule has 1 unspecified atom stereocenters. The van der Waals surface area contributed by atoms with E-state index in [1.54, 1.807) is 17.0 Å². The Balaban J connectivity index is 1.71. The van der Waals surface area contributed by atoms with E-state index in [-0.39, 0.29) is 24.5 Å². The summed E-state index contributed by atoms with van der Waals surface area (Å²) in [5.41, 5.74) is 3.35. The first-order valence-corrected chi connectivity index (χ1v) is 11.1. The number of hydrogen-bond donors (Lipinski definition) is 2. The zero-order valence-corrected chi connectivity index (χ0v) is 19.0. The fourth-order valence-electron chi connectivity index (χ4n) is 4.35. The van der Waals surface area contributed by atoms with Crippen LogP contribution in [0, 0.1) is 31.4 Å². The number of amides is 2. The lowest BCUT2D eigenvalue weighted by Crippen LogP contribution is -2.41. The number of hydrogen-bond acceptors (Lipinski definition) is 4. The molecule has 0 spiro atoms. The minimum Gasteiger partial charge on any atom is -0.371 e. The lowest BCUT2D eigenvalue weighted by molar-refractivity contribution is -0.120. The molecular formula is C25H30F2N2O4. The van der Waals surface area contributed by atoms with E-state index in [1.165, 1.54) is 12.1 Å². The average Bonchev–Trinajstić information content (AvgIpc) is 2.77. The number of carbonyl (C=O) groups is 2. The van der Waals surface area contributed by atoms with E-state index < -0.39 is 11.6 Å². The van der Waals surface area contributed by atoms with Crippen LogP contribution in [0.25, 0.3) is 0 Å². The van der Waals surface area contributed by atoms with E-state index >= 15 is 0 Å². The van der Waals surface area contributed by atoms with Gasteiger partial charge in [0.2, 0.25) is 5.91 Å². The van der Waals surface area contributed by atoms with E-state index in [4.69, 9.17) is 9.84 Å². The summed E-state index contributed by atoms with van der Waals surface area (Å²) in [4.78, 5) is 27.0. The smallest absolute Gasteiger partial charge is 0.251 e. The number of carbonyl (C=O) groups excluding carboxylic acids is 2. The van der Waals surface area contributed by atoms with Crippen LogP contribution in [-0.2, 0) is 16.0 Å². The number of anilines is 1. The van der Waals surface area contributed by atoms with Crippen molar-refractivity contribution in [1.82, 2.24) is 5.32 Å². The number of ether oxygens (including phenoxy) is 1. The maximum Gasteiger partial charge on any atom is 0.251 e. The van der Waals surface area contributed by atoms with E-state index in [2.05, 4.69) is 5.32 Å². The summed E-state index contributed by atoms with van der Waals surface area (Å²) in [6, 6.07) is 7.13. The zero-order valence-electron chi connectivity index (χ0n) is 19.0. The van der Waals surface area contributed by atoms with Crippen LogP contribution in [-0.4, -0.2) is 43.4 Å². The third-order valence-electron chi connectivity index (χ3n) is 5.90. The van der Waals surface area contributed by atoms with Crippen LogP contribution < -0.4 is 10.2 Å². The van der Waals surface area contributed by atoms with Gasteiger partial charge in [-0.1, -0.05) is 6.07 Å². The summed E-state index contributed by atoms with van der Waals surface area (Å²) >= 11 is 0. The highest BCUT2D eigenvalue weighted by molar-refractivity contribution is 5.98. The van der Waals surface area contributed by atoms with Gasteiger partial charge in [0.25, 0.3) is 5.91 Å². The van der Waals surface area contributed by atoms with Gasteiger partial charge in [-0.3, -0.25) is 9.59 Å². The largest absolute Gasteiger partial charge is 0.371 e. The van der Waals surface area contributed by atoms with Crippen molar-refractivity contribution in [3.63, 3.8) is 0 Å². The Morgan fingerprint density at radius 2 is 1.94 bits per heavy atom. The topological polar surface area (TPSA) is 78.9 Å². The second kappa shape index (κ2) is 11.3. The van der Waals surface area contributed by atoms with Crippen molar-refractivity contribution in [2.24, 2.45) is 5.92 Å². The molecule has 6 nitrogen and oxygen atoms in total. The molecule has 1 atom stereocenters. The standard InChI is InChI=1S/C25H30F2N2O4/c1-16-10-20(25(32)28-8-3-9-33-15-30)11-17(2)24(16)29-14-18(4-7-23(29)31)12-19-5-6-21(26)13-22(19)27/h5-6,10-11,13,18,30H,3-4,7-9,12,14-15H2,1-2H3,(H,28,32). The number of piperidine rings is 1. The second-order valence-electron chi connectivity index (χ2n) is 8.45. The first kappa shape index (κ1) is 24.8. The van der Waals surface area contributed by atoms with Gasteiger partial charge < -0.3 is 20.1 Å². The van der Waals surface area contributed by atoms with E-state index in [1.807, 2.05) is 13.8 Å². The second-order valence-corrected chi connectivity index (χ2v) is 8.45. The van der Waals surface area contributed by atoms with Crippen LogP contribution in [0.1, 0.15) is 46.3 Å². The average molecular weight is 461 g/mol. The van der Waals surface area contributed by atoms with Crippen molar-refractivity contribution in [3.8, 4) is 0 Å². The molecular weight excluding hydrogens is 430 g/mol. The molecule has 8 heteroatoms. The van der Waals surface area contributed by atoms with Crippen LogP contribution >= 0.6 is 0 Å². The number of aliphatic hydroxyl groups excluding tert-OH is 1. The van der Waals surface area contributed by atoms with Crippen LogP contribution in [0.2, 0.25) is 0 Å². The van der Waals surface area contributed by atoms with Gasteiger partial charge in [0.15, 0.2) is 0 Å². The minimum absolute atomic E-state index is 0.00175. The maximum atomic E-state index is 14.1. The van der Waals surface area contributed by atoms with E-state index in [0.29, 0.717) is 56.5 Å². The van der Waals surface area contributed by atoms with Gasteiger partial charge in [-0.2, -0.15) is 0 Å². The molecule has 1 saturated heterocycles. The highest BCUT2D eigenvalue weighted by atomic mass is 19.1. The summed E-state index contributed by atoms with van der Waals surface area (Å²) in [5, 5.41) is 11.4. The van der Waals surface area contributed by atoms with E-state index in [0.717, 1.165) is 22.9 Å². The van der Waals surface area contributed by atoms with Crippen LogP contribution in [0.5, 0.6) is 0 Å². The third-order valence-corrected chi connectivity index (χ3v) is 5.90. The molecule has 0 saturated carbocycles. The Morgan fingerprint density at radius 1 is 1.21 bits per heavy atom. The number of benzene rings is 2. The van der Waals surface area contributed by atoms with Crippen molar-refractivity contribution in [2.45, 2.75) is 39.5 Å². The molecule has 1 fully saturated rings. The van der Waals surface area contributed by atoms with Crippen molar-refractivity contribution in [3.05, 3.63) is 64.2 Å². The normalized spacial score (nSPS) is 16.2. The predicted molar refractivity (Wildman–Crippen MR) is 121 cm³/mol. The predicted octanol–water partition coefficient (Wildman–Crippen LogP) is 3.65. The summed E-state index contributed by atoms with van der Waals surface area (Å²) in [7, 11) is 0. The third kappa shape index (κ3) is 6.36. The summed E-state index contributed by atoms with van der Waals surface area (Å²) in [5.74, 6) is -1.34. The Morgan fingerprint density at radius 3 is 2.61 bits per heavy atom. The maximum absolute atomic E-state index is 14.1. The number of halogens is 2. The SMILES string of the molecule is Cc1cc(C(=O)NCCCOCO)cc(C)c1N1CC(Cc2ccc(F)cc2F)CCC1=O. The summed E-state index contributed by atoms with van der Waals surface area (Å²) in [6.45, 7) is 4.60. The van der Waals surface area contributed by atoms with Gasteiger partial charge >= 0.3 is 0 Å². The molecule has 2 amide bonds. The molecule has 1 aliphatic heterocycles. The van der Waals surface area contributed by atoms with Gasteiger partial charge in [0.05, 0.1) is 6.61 Å². The summed E-state index contributed by atoms with van der Waals surface area (Å²) in [6.07, 6.45) is 2.00. The quantitative estimate of drug-likeness (QED) is 0.442. The fourth-order valence-corrected chi connectivity index (χ4v) is 4.35. The van der Waals surface area contributed by atoms with Crippen molar-refractivity contribution >= 4 is 17.5 Å². The first-order chi connectivity index (χ1) is 15.8. The Labute approximate surface area is 192 Å². The number of aliphatic hydroxyl groups is 1. The molecule has 0 aromatic heterocycles. The van der Waals surface area contributed by atoms with Crippen LogP contribution in [0.15, 0.2) is 30.3 Å².